The Labute approximate surface area is 340 Å². The summed E-state index contributed by atoms with van der Waals surface area (Å²) in [5, 5.41) is 20.3. The lowest BCUT2D eigenvalue weighted by atomic mass is 9.73. The maximum absolute atomic E-state index is 12.2. The second-order valence-corrected chi connectivity index (χ2v) is 19.4. The van der Waals surface area contributed by atoms with E-state index in [1.54, 1.807) is 35.4 Å². The van der Waals surface area contributed by atoms with Crippen molar-refractivity contribution in [1.29, 1.82) is 0 Å². The van der Waals surface area contributed by atoms with Crippen molar-refractivity contribution in [3.8, 4) is 0 Å². The number of carbonyl (C=O) groups excluding carboxylic acids is 1. The van der Waals surface area contributed by atoms with Crippen molar-refractivity contribution in [3.05, 3.63) is 0 Å². The lowest BCUT2D eigenvalue weighted by Gasteiger charge is -2.52. The van der Waals surface area contributed by atoms with Crippen LogP contribution in [0.5, 0.6) is 0 Å². The zero-order valence-electron chi connectivity index (χ0n) is 36.9. The number of ether oxygens (including phenoxy) is 10. The zero-order chi connectivity index (χ0) is 42.0. The molecule has 3 unspecified atom stereocenters. The van der Waals surface area contributed by atoms with Crippen LogP contribution in [0.15, 0.2) is 0 Å². The van der Waals surface area contributed by atoms with E-state index in [1.165, 1.54) is 0 Å². The van der Waals surface area contributed by atoms with Gasteiger partial charge in [0.25, 0.3) is 0 Å². The van der Waals surface area contributed by atoms with Crippen LogP contribution in [0.1, 0.15) is 108 Å². The van der Waals surface area contributed by atoms with E-state index in [-0.39, 0.29) is 96.7 Å². The summed E-state index contributed by atoms with van der Waals surface area (Å²) in [6.45, 7) is 20.6. The summed E-state index contributed by atoms with van der Waals surface area (Å²) in [4.78, 5) is 16.2. The van der Waals surface area contributed by atoms with E-state index < -0.39 is 47.1 Å². The number of carbonyl (C=O) groups is 1. The third-order valence-corrected chi connectivity index (χ3v) is 15.8. The molecule has 14 heteroatoms. The zero-order valence-corrected chi connectivity index (χ0v) is 36.9. The Hall–Kier alpha value is -1.01. The third-order valence-electron chi connectivity index (χ3n) is 15.8. The van der Waals surface area contributed by atoms with Crippen molar-refractivity contribution in [2.24, 2.45) is 41.4 Å². The first-order valence-corrected chi connectivity index (χ1v) is 21.5. The first-order chi connectivity index (χ1) is 26.7. The fourth-order valence-electron chi connectivity index (χ4n) is 12.3. The Bertz CT molecular complexity index is 1380. The molecule has 0 amide bonds. The van der Waals surface area contributed by atoms with E-state index in [4.69, 9.17) is 52.6 Å². The first-order valence-electron chi connectivity index (χ1n) is 21.5. The highest BCUT2D eigenvalue weighted by Gasteiger charge is 2.64. The minimum absolute atomic E-state index is 0.00101. The SMILES string of the molecule is CO[C@@H]1[C@H](C)[C@H]([C@]2(C)CCC([C@]3(C)CC[C@]4(C[C@H](OC)[C@@H](C)[C@@H]([C@@H](C)C5O[C@H](CC(=O)OO)[C@@H](C)[C@H](OC)[C@H]5C)O4)O3)O2)O[C@H]1C1O[C@](C)(O)[C@H](C)[C@@H](OC)[C@@H]1C. The van der Waals surface area contributed by atoms with E-state index in [0.29, 0.717) is 12.8 Å². The minimum Gasteiger partial charge on any atom is -0.381 e. The van der Waals surface area contributed by atoms with Gasteiger partial charge in [0.2, 0.25) is 0 Å². The molecule has 6 aliphatic heterocycles. The molecule has 0 aliphatic carbocycles. The van der Waals surface area contributed by atoms with Gasteiger partial charge in [0, 0.05) is 82.7 Å². The third kappa shape index (κ3) is 8.11. The van der Waals surface area contributed by atoms with E-state index in [1.807, 2.05) is 13.8 Å². The molecule has 0 aromatic carbocycles. The van der Waals surface area contributed by atoms with Crippen LogP contribution in [0.2, 0.25) is 0 Å². The normalized spacial score (nSPS) is 53.6. The molecular weight excluding hydrogens is 740 g/mol. The predicted octanol–water partition coefficient (Wildman–Crippen LogP) is 5.54. The van der Waals surface area contributed by atoms with E-state index in [2.05, 4.69) is 53.4 Å². The van der Waals surface area contributed by atoms with Gasteiger partial charge in [0.1, 0.15) is 6.10 Å². The molecule has 14 nitrogen and oxygen atoms in total. The number of rotatable bonds is 11. The van der Waals surface area contributed by atoms with Crippen LogP contribution in [-0.2, 0) is 57.1 Å². The van der Waals surface area contributed by atoms with Crippen LogP contribution in [0.25, 0.3) is 0 Å². The maximum atomic E-state index is 12.2. The molecule has 0 aromatic rings. The minimum atomic E-state index is -1.38. The molecular formula is C43H74O14. The monoisotopic (exact) mass is 815 g/mol. The molecule has 6 rings (SSSR count). The fourth-order valence-corrected chi connectivity index (χ4v) is 12.3. The van der Waals surface area contributed by atoms with Crippen LogP contribution in [0.3, 0.4) is 0 Å². The second kappa shape index (κ2) is 17.0. The number of hydrogen-bond acceptors (Lipinski definition) is 14. The molecule has 0 aromatic heterocycles. The molecule has 57 heavy (non-hydrogen) atoms. The summed E-state index contributed by atoms with van der Waals surface area (Å²) < 4.78 is 65.7. The molecule has 6 saturated heterocycles. The van der Waals surface area contributed by atoms with Gasteiger partial charge in [-0.3, -0.25) is 0 Å². The number of methoxy groups -OCH3 is 4. The first kappa shape index (κ1) is 45.5. The average molecular weight is 815 g/mol. The fraction of sp³-hybridized carbons (Fsp3) is 0.977. The van der Waals surface area contributed by atoms with Crippen LogP contribution in [-0.4, -0.2) is 135 Å². The van der Waals surface area contributed by atoms with Crippen molar-refractivity contribution in [3.63, 3.8) is 0 Å². The summed E-state index contributed by atoms with van der Waals surface area (Å²) in [6, 6.07) is 0. The van der Waals surface area contributed by atoms with Gasteiger partial charge in [-0.25, -0.2) is 4.79 Å². The number of hydrogen-bond donors (Lipinski definition) is 2. The van der Waals surface area contributed by atoms with Gasteiger partial charge in [0.15, 0.2) is 11.6 Å². The lowest BCUT2D eigenvalue weighted by Crippen LogP contribution is -2.60. The molecule has 0 bridgehead atoms. The molecule has 0 radical (unpaired) electrons. The van der Waals surface area contributed by atoms with Gasteiger partial charge in [-0.1, -0.05) is 48.5 Å². The highest BCUT2D eigenvalue weighted by atomic mass is 17.1. The highest BCUT2D eigenvalue weighted by molar-refractivity contribution is 5.69. The summed E-state index contributed by atoms with van der Waals surface area (Å²) in [5.74, 6) is -3.48. The average Bonchev–Trinajstić information content (AvgIpc) is 3.85. The second-order valence-electron chi connectivity index (χ2n) is 19.4. The summed E-state index contributed by atoms with van der Waals surface area (Å²) in [7, 11) is 6.83. The van der Waals surface area contributed by atoms with Gasteiger partial charge in [-0.2, -0.15) is 5.26 Å². The quantitative estimate of drug-likeness (QED) is 0.198. The van der Waals surface area contributed by atoms with Crippen molar-refractivity contribution in [2.45, 2.75) is 198 Å². The summed E-state index contributed by atoms with van der Waals surface area (Å²) >= 11 is 0. The van der Waals surface area contributed by atoms with Crippen molar-refractivity contribution < 1.29 is 67.4 Å². The maximum Gasteiger partial charge on any atom is 0.344 e. The summed E-state index contributed by atoms with van der Waals surface area (Å²) in [5.41, 5.74) is -1.25. The molecule has 1 spiro atoms. The Morgan fingerprint density at radius 2 is 1.39 bits per heavy atom. The van der Waals surface area contributed by atoms with Crippen molar-refractivity contribution in [2.75, 3.05) is 28.4 Å². The van der Waals surface area contributed by atoms with Gasteiger partial charge >= 0.3 is 5.97 Å². The van der Waals surface area contributed by atoms with Gasteiger partial charge in [-0.05, 0) is 40.0 Å². The van der Waals surface area contributed by atoms with Crippen molar-refractivity contribution in [1.82, 2.24) is 0 Å². The van der Waals surface area contributed by atoms with Crippen molar-refractivity contribution >= 4 is 5.97 Å². The predicted molar refractivity (Wildman–Crippen MR) is 207 cm³/mol. The van der Waals surface area contributed by atoms with E-state index in [9.17, 15) is 9.90 Å². The molecule has 6 heterocycles. The largest absolute Gasteiger partial charge is 0.381 e. The van der Waals surface area contributed by atoms with Gasteiger partial charge in [0.05, 0.1) is 78.7 Å². The Morgan fingerprint density at radius 3 is 2.00 bits per heavy atom. The van der Waals surface area contributed by atoms with E-state index >= 15 is 0 Å². The highest BCUT2D eigenvalue weighted by Crippen LogP contribution is 2.55. The molecule has 0 saturated carbocycles. The van der Waals surface area contributed by atoms with Crippen LogP contribution >= 0.6 is 0 Å². The Balaban J connectivity index is 1.18. The summed E-state index contributed by atoms with van der Waals surface area (Å²) in [6.07, 6.45) is 0.252. The number of aliphatic hydroxyl groups is 1. The standard InChI is InChI=1S/C43H74O14/c1-21-28(19-31(44)56-46)51-33(23(3)32(21)48-12)24(4)34-22(2)29(47-11)20-43(55-34)18-17-40(8,57-43)30-15-16-41(9,53-30)39-26(6)36(50-14)38(52-39)37-25(5)35(49-13)27(7)42(10,45)54-37/h21-30,32-39,45-46H,15-20H2,1-14H3/t21-,22-,23-,24+,25+,26+,27-,28-,29+,30?,32+,33?,34+,35+,36-,37?,38-,39-,40+,41+,42+,43-/m1/s1. The molecule has 22 atom stereocenters. The molecule has 6 fully saturated rings. The Kier molecular flexibility index (Phi) is 13.6. The van der Waals surface area contributed by atoms with E-state index in [0.717, 1.165) is 19.3 Å². The van der Waals surface area contributed by atoms with Crippen LogP contribution < -0.4 is 0 Å². The van der Waals surface area contributed by atoms with Gasteiger partial charge in [-0.15, -0.1) is 0 Å². The molecule has 6 aliphatic rings. The molecule has 2 N–H and O–H groups in total. The smallest absolute Gasteiger partial charge is 0.344 e. The van der Waals surface area contributed by atoms with Gasteiger partial charge < -0.3 is 57.4 Å². The Morgan fingerprint density at radius 1 is 0.719 bits per heavy atom. The lowest BCUT2D eigenvalue weighted by molar-refractivity contribution is -0.341. The van der Waals surface area contributed by atoms with Crippen LogP contribution in [0, 0.1) is 41.4 Å². The topological polar surface area (TPSA) is 159 Å². The van der Waals surface area contributed by atoms with Crippen LogP contribution in [0.4, 0.5) is 0 Å². The molecule has 330 valence electrons.